The maximum Gasteiger partial charge on any atom is 0.0273 e. The van der Waals surface area contributed by atoms with Crippen LogP contribution in [0.5, 0.6) is 0 Å². The third-order valence-corrected chi connectivity index (χ3v) is 3.19. The third-order valence-electron chi connectivity index (χ3n) is 2.66. The van der Waals surface area contributed by atoms with Crippen molar-refractivity contribution in [2.24, 2.45) is 0 Å². The Bertz CT molecular complexity index is 518. The van der Waals surface area contributed by atoms with Gasteiger partial charge in [-0.3, -0.25) is 4.98 Å². The van der Waals surface area contributed by atoms with E-state index in [0.717, 1.165) is 11.0 Å². The minimum absolute atomic E-state index is 0.841. The predicted octanol–water partition coefficient (Wildman–Crippen LogP) is 3.50. The highest BCUT2D eigenvalue weighted by molar-refractivity contribution is 9.10. The molecule has 92 valence electrons. The van der Waals surface area contributed by atoms with Gasteiger partial charge in [0, 0.05) is 23.4 Å². The van der Waals surface area contributed by atoms with Crippen molar-refractivity contribution in [1.82, 2.24) is 10.3 Å². The quantitative estimate of drug-likeness (QED) is 0.935. The molecule has 3 heteroatoms. The molecule has 0 saturated carbocycles. The van der Waals surface area contributed by atoms with Crippen LogP contribution in [0.15, 0.2) is 59.3 Å². The van der Waals surface area contributed by atoms with Crippen LogP contribution in [0.4, 0.5) is 0 Å². The number of nitrogens with zero attached hydrogens (tertiary/aromatic N) is 1. The molecule has 0 bridgehead atoms. The number of halogens is 1. The Morgan fingerprint density at radius 2 is 1.72 bits per heavy atom. The van der Waals surface area contributed by atoms with Crippen molar-refractivity contribution in [2.45, 2.75) is 0 Å². The summed E-state index contributed by atoms with van der Waals surface area (Å²) >= 11 is 3.46. The van der Waals surface area contributed by atoms with Crippen molar-refractivity contribution in [3.63, 3.8) is 0 Å². The topological polar surface area (TPSA) is 24.9 Å². The van der Waals surface area contributed by atoms with Crippen molar-refractivity contribution < 1.29 is 0 Å². The molecule has 0 unspecified atom stereocenters. The molecule has 2 nitrogen and oxygen atoms in total. The van der Waals surface area contributed by atoms with Gasteiger partial charge < -0.3 is 5.32 Å². The van der Waals surface area contributed by atoms with Gasteiger partial charge in [-0.05, 0) is 48.0 Å². The Morgan fingerprint density at radius 3 is 2.33 bits per heavy atom. The van der Waals surface area contributed by atoms with E-state index in [1.165, 1.54) is 16.7 Å². The Morgan fingerprint density at radius 1 is 1.11 bits per heavy atom. The average Bonchev–Trinajstić information content (AvgIpc) is 2.42. The van der Waals surface area contributed by atoms with E-state index in [2.05, 4.69) is 56.6 Å². The second-order valence-corrected chi connectivity index (χ2v) is 4.83. The average molecular weight is 303 g/mol. The van der Waals surface area contributed by atoms with Gasteiger partial charge in [-0.25, -0.2) is 0 Å². The van der Waals surface area contributed by atoms with Crippen LogP contribution in [-0.2, 0) is 0 Å². The Hall–Kier alpha value is -1.45. The van der Waals surface area contributed by atoms with Crippen LogP contribution in [0, 0.1) is 0 Å². The van der Waals surface area contributed by atoms with Gasteiger partial charge in [-0.1, -0.05) is 34.1 Å². The van der Waals surface area contributed by atoms with Gasteiger partial charge in [0.25, 0.3) is 0 Å². The molecule has 1 aromatic heterocycles. The fourth-order valence-electron chi connectivity index (χ4n) is 1.77. The van der Waals surface area contributed by atoms with Gasteiger partial charge in [0.05, 0.1) is 0 Å². The summed E-state index contributed by atoms with van der Waals surface area (Å²) in [6.07, 6.45) is 5.83. The van der Waals surface area contributed by atoms with Crippen LogP contribution in [-0.4, -0.2) is 18.6 Å². The molecule has 0 atom stereocenters. The molecule has 0 saturated heterocycles. The van der Waals surface area contributed by atoms with Crippen LogP contribution in [0.3, 0.4) is 0 Å². The van der Waals surface area contributed by atoms with Crippen LogP contribution in [0.25, 0.3) is 5.57 Å². The number of rotatable bonds is 4. The van der Waals surface area contributed by atoms with Gasteiger partial charge in [0.2, 0.25) is 0 Å². The van der Waals surface area contributed by atoms with Gasteiger partial charge in [-0.2, -0.15) is 0 Å². The standard InChI is InChI=1S/C15H15BrN2/c1-17-9-8-15(13-6-10-18-11-7-13)12-2-4-14(16)5-3-12/h2-8,10-11,17H,9H2,1H3. The van der Waals surface area contributed by atoms with E-state index in [9.17, 15) is 0 Å². The summed E-state index contributed by atoms with van der Waals surface area (Å²) in [7, 11) is 1.95. The minimum Gasteiger partial charge on any atom is -0.316 e. The maximum absolute atomic E-state index is 4.07. The second-order valence-electron chi connectivity index (χ2n) is 3.92. The SMILES string of the molecule is CNCC=C(c1ccncc1)c1ccc(Br)cc1. The third kappa shape index (κ3) is 3.28. The van der Waals surface area contributed by atoms with E-state index in [1.807, 2.05) is 31.6 Å². The van der Waals surface area contributed by atoms with Gasteiger partial charge in [0.15, 0.2) is 0 Å². The lowest BCUT2D eigenvalue weighted by molar-refractivity contribution is 0.920. The predicted molar refractivity (Wildman–Crippen MR) is 79.4 cm³/mol. The lowest BCUT2D eigenvalue weighted by Crippen LogP contribution is -2.05. The smallest absolute Gasteiger partial charge is 0.0273 e. The Balaban J connectivity index is 2.40. The zero-order chi connectivity index (χ0) is 12.8. The number of hydrogen-bond donors (Lipinski definition) is 1. The van der Waals surface area contributed by atoms with Crippen molar-refractivity contribution in [1.29, 1.82) is 0 Å². The van der Waals surface area contributed by atoms with Crippen molar-refractivity contribution >= 4 is 21.5 Å². The number of hydrogen-bond acceptors (Lipinski definition) is 2. The summed E-state index contributed by atoms with van der Waals surface area (Å²) < 4.78 is 1.09. The highest BCUT2D eigenvalue weighted by atomic mass is 79.9. The molecule has 1 aromatic carbocycles. The second kappa shape index (κ2) is 6.47. The number of pyridine rings is 1. The first-order valence-electron chi connectivity index (χ1n) is 5.82. The molecule has 0 aliphatic carbocycles. The summed E-state index contributed by atoms with van der Waals surface area (Å²) in [5.41, 5.74) is 3.61. The first-order chi connectivity index (χ1) is 8.81. The fourth-order valence-corrected chi connectivity index (χ4v) is 2.03. The van der Waals surface area contributed by atoms with Crippen molar-refractivity contribution in [3.05, 3.63) is 70.5 Å². The summed E-state index contributed by atoms with van der Waals surface area (Å²) in [6.45, 7) is 0.841. The number of likely N-dealkylation sites (N-methyl/N-ethyl adjacent to an activating group) is 1. The molecule has 2 aromatic rings. The molecule has 1 N–H and O–H groups in total. The zero-order valence-corrected chi connectivity index (χ0v) is 11.8. The largest absolute Gasteiger partial charge is 0.316 e. The molecule has 1 heterocycles. The maximum atomic E-state index is 4.07. The Kier molecular flexibility index (Phi) is 4.67. The summed E-state index contributed by atoms with van der Waals surface area (Å²) in [5, 5.41) is 3.15. The normalized spacial score (nSPS) is 11.6. The van der Waals surface area contributed by atoms with E-state index in [-0.39, 0.29) is 0 Å². The van der Waals surface area contributed by atoms with Crippen LogP contribution < -0.4 is 5.32 Å². The number of aromatic nitrogens is 1. The highest BCUT2D eigenvalue weighted by Crippen LogP contribution is 2.24. The molecule has 18 heavy (non-hydrogen) atoms. The summed E-state index contributed by atoms with van der Waals surface area (Å²) in [6, 6.07) is 12.4. The first-order valence-corrected chi connectivity index (χ1v) is 6.61. The van der Waals surface area contributed by atoms with E-state index in [4.69, 9.17) is 0 Å². The van der Waals surface area contributed by atoms with Gasteiger partial charge in [-0.15, -0.1) is 0 Å². The zero-order valence-electron chi connectivity index (χ0n) is 10.2. The number of nitrogens with one attached hydrogen (secondary N) is 1. The van der Waals surface area contributed by atoms with Crippen LogP contribution in [0.1, 0.15) is 11.1 Å². The molecule has 0 aliphatic heterocycles. The van der Waals surface area contributed by atoms with Gasteiger partial charge in [0.1, 0.15) is 0 Å². The van der Waals surface area contributed by atoms with E-state index in [0.29, 0.717) is 0 Å². The van der Waals surface area contributed by atoms with Crippen molar-refractivity contribution in [2.75, 3.05) is 13.6 Å². The van der Waals surface area contributed by atoms with Crippen LogP contribution >= 0.6 is 15.9 Å². The molecular weight excluding hydrogens is 288 g/mol. The molecule has 0 radical (unpaired) electrons. The monoisotopic (exact) mass is 302 g/mol. The molecule has 0 fully saturated rings. The van der Waals surface area contributed by atoms with E-state index in [1.54, 1.807) is 0 Å². The lowest BCUT2D eigenvalue weighted by Gasteiger charge is -2.08. The molecular formula is C15H15BrN2. The highest BCUT2D eigenvalue weighted by Gasteiger charge is 2.04. The fraction of sp³-hybridized carbons (Fsp3) is 0.133. The molecule has 2 rings (SSSR count). The Labute approximate surface area is 116 Å². The molecule has 0 amide bonds. The lowest BCUT2D eigenvalue weighted by atomic mass is 9.98. The summed E-state index contributed by atoms with van der Waals surface area (Å²) in [5.74, 6) is 0. The van der Waals surface area contributed by atoms with E-state index >= 15 is 0 Å². The molecule has 0 spiro atoms. The first kappa shape index (κ1) is 13.0. The van der Waals surface area contributed by atoms with E-state index < -0.39 is 0 Å². The summed E-state index contributed by atoms with van der Waals surface area (Å²) in [4.78, 5) is 4.07. The van der Waals surface area contributed by atoms with Gasteiger partial charge >= 0.3 is 0 Å². The van der Waals surface area contributed by atoms with Crippen molar-refractivity contribution in [3.8, 4) is 0 Å². The number of benzene rings is 1. The van der Waals surface area contributed by atoms with Crippen LogP contribution in [0.2, 0.25) is 0 Å². The minimum atomic E-state index is 0.841. The molecule has 0 aliphatic rings.